The number of rotatable bonds is 5. The van der Waals surface area contributed by atoms with Crippen LogP contribution in [-0.4, -0.2) is 17.0 Å². The Bertz CT molecular complexity index is 939. The molecule has 1 aliphatic rings. The fraction of sp³-hybridized carbons (Fsp3) is 0.333. The summed E-state index contributed by atoms with van der Waals surface area (Å²) in [4.78, 5) is 16.7. The summed E-state index contributed by atoms with van der Waals surface area (Å²) in [6.07, 6.45) is 6.61. The van der Waals surface area contributed by atoms with Crippen molar-refractivity contribution < 1.29 is 9.53 Å². The number of benzene rings is 2. The highest BCUT2D eigenvalue weighted by atomic mass is 16.5. The number of aryl methyl sites for hydroxylation is 1. The van der Waals surface area contributed by atoms with Gasteiger partial charge in [-0.15, -0.1) is 0 Å². The molecule has 0 spiro atoms. The van der Waals surface area contributed by atoms with Crippen LogP contribution in [0.2, 0.25) is 0 Å². The maximum atomic E-state index is 12.3. The third kappa shape index (κ3) is 4.50. The molecule has 0 aliphatic heterocycles. The van der Waals surface area contributed by atoms with Gasteiger partial charge in [0.05, 0.1) is 11.6 Å². The van der Waals surface area contributed by atoms with Crippen LogP contribution in [0.25, 0.3) is 10.9 Å². The Balaban J connectivity index is 1.28. The van der Waals surface area contributed by atoms with Gasteiger partial charge in [0, 0.05) is 23.7 Å². The lowest BCUT2D eigenvalue weighted by Gasteiger charge is -2.29. The lowest BCUT2D eigenvalue weighted by molar-refractivity contribution is -0.117. The van der Waals surface area contributed by atoms with Crippen LogP contribution in [0.1, 0.15) is 37.7 Å². The van der Waals surface area contributed by atoms with Crippen LogP contribution in [0.3, 0.4) is 0 Å². The first-order chi connectivity index (χ1) is 13.7. The first kappa shape index (κ1) is 18.5. The molecule has 1 saturated carbocycles. The second-order valence-electron chi connectivity index (χ2n) is 7.71. The van der Waals surface area contributed by atoms with E-state index in [1.807, 2.05) is 55.5 Å². The molecule has 0 atom stereocenters. The van der Waals surface area contributed by atoms with Gasteiger partial charge in [0.1, 0.15) is 5.75 Å². The number of nitrogens with one attached hydrogen (secondary N) is 1. The van der Waals surface area contributed by atoms with Crippen molar-refractivity contribution in [2.45, 2.75) is 45.1 Å². The second kappa shape index (κ2) is 8.42. The van der Waals surface area contributed by atoms with Crippen molar-refractivity contribution in [3.63, 3.8) is 0 Å². The quantitative estimate of drug-likeness (QED) is 0.641. The number of pyridine rings is 1. The number of hydrogen-bond acceptors (Lipinski definition) is 3. The summed E-state index contributed by atoms with van der Waals surface area (Å²) in [7, 11) is 0. The number of aromatic nitrogens is 1. The molecule has 144 valence electrons. The lowest BCUT2D eigenvalue weighted by Crippen LogP contribution is -2.26. The zero-order valence-corrected chi connectivity index (χ0v) is 16.2. The molecule has 1 aliphatic carbocycles. The van der Waals surface area contributed by atoms with Crippen LogP contribution in [0, 0.1) is 12.8 Å². The zero-order chi connectivity index (χ0) is 19.3. The Morgan fingerprint density at radius 2 is 1.79 bits per heavy atom. The Morgan fingerprint density at radius 1 is 1.04 bits per heavy atom. The summed E-state index contributed by atoms with van der Waals surface area (Å²) < 4.78 is 6.29. The number of ether oxygens (including phenoxy) is 1. The number of carbonyl (C=O) groups is 1. The van der Waals surface area contributed by atoms with E-state index in [0.717, 1.165) is 48.0 Å². The molecule has 3 aromatic rings. The Labute approximate surface area is 165 Å². The molecule has 1 amide bonds. The van der Waals surface area contributed by atoms with Gasteiger partial charge in [-0.25, -0.2) is 0 Å². The molecule has 1 heterocycles. The summed E-state index contributed by atoms with van der Waals surface area (Å²) >= 11 is 0. The van der Waals surface area contributed by atoms with Crippen LogP contribution in [-0.2, 0) is 4.79 Å². The molecule has 0 unspecified atom stereocenters. The largest absolute Gasteiger partial charge is 0.490 e. The maximum Gasteiger partial charge on any atom is 0.224 e. The third-order valence-corrected chi connectivity index (χ3v) is 5.51. The average molecular weight is 374 g/mol. The summed E-state index contributed by atoms with van der Waals surface area (Å²) in [5.74, 6) is 1.44. The normalized spacial score (nSPS) is 19.3. The van der Waals surface area contributed by atoms with Crippen LogP contribution in [0.15, 0.2) is 60.8 Å². The first-order valence-corrected chi connectivity index (χ1v) is 10.0. The maximum absolute atomic E-state index is 12.3. The van der Waals surface area contributed by atoms with Crippen LogP contribution < -0.4 is 10.1 Å². The minimum absolute atomic E-state index is 0.105. The molecule has 28 heavy (non-hydrogen) atoms. The molecule has 4 heteroatoms. The number of nitrogens with zero attached hydrogens (tertiary/aromatic N) is 1. The van der Waals surface area contributed by atoms with E-state index in [1.54, 1.807) is 6.20 Å². The Morgan fingerprint density at radius 3 is 2.57 bits per heavy atom. The second-order valence-corrected chi connectivity index (χ2v) is 7.71. The van der Waals surface area contributed by atoms with E-state index in [-0.39, 0.29) is 12.0 Å². The highest BCUT2D eigenvalue weighted by Crippen LogP contribution is 2.32. The van der Waals surface area contributed by atoms with Gasteiger partial charge in [-0.05, 0) is 68.9 Å². The van der Waals surface area contributed by atoms with Crippen molar-refractivity contribution in [2.75, 3.05) is 5.32 Å². The van der Waals surface area contributed by atoms with Crippen molar-refractivity contribution in [3.8, 4) is 5.75 Å². The third-order valence-electron chi connectivity index (χ3n) is 5.51. The van der Waals surface area contributed by atoms with Gasteiger partial charge in [0.2, 0.25) is 5.91 Å². The number of anilines is 1. The molecule has 4 rings (SSSR count). The highest BCUT2D eigenvalue weighted by molar-refractivity contribution is 5.90. The summed E-state index contributed by atoms with van der Waals surface area (Å²) in [6.45, 7) is 2.04. The van der Waals surface area contributed by atoms with Crippen molar-refractivity contribution >= 4 is 22.5 Å². The van der Waals surface area contributed by atoms with E-state index >= 15 is 0 Å². The van der Waals surface area contributed by atoms with Gasteiger partial charge in [0.15, 0.2) is 0 Å². The molecule has 2 aromatic carbocycles. The number of hydrogen-bond donors (Lipinski definition) is 1. The minimum atomic E-state index is 0.105. The van der Waals surface area contributed by atoms with Crippen LogP contribution in [0.5, 0.6) is 5.75 Å². The van der Waals surface area contributed by atoms with E-state index in [9.17, 15) is 4.79 Å². The fourth-order valence-electron chi connectivity index (χ4n) is 3.92. The average Bonchev–Trinajstić information content (AvgIpc) is 2.71. The predicted octanol–water partition coefficient (Wildman–Crippen LogP) is 5.51. The SMILES string of the molecule is Cc1ccc(NC(=O)CC2CCC(Oc3ccnc4ccccc34)CC2)cc1. The lowest BCUT2D eigenvalue weighted by atomic mass is 9.85. The van der Waals surface area contributed by atoms with E-state index in [2.05, 4.69) is 16.4 Å². The Kier molecular flexibility index (Phi) is 5.56. The molecule has 1 aromatic heterocycles. The predicted molar refractivity (Wildman–Crippen MR) is 113 cm³/mol. The number of para-hydroxylation sites is 1. The van der Waals surface area contributed by atoms with Crippen LogP contribution in [0.4, 0.5) is 5.69 Å². The van der Waals surface area contributed by atoms with Gasteiger partial charge < -0.3 is 10.1 Å². The smallest absolute Gasteiger partial charge is 0.224 e. The van der Waals surface area contributed by atoms with Crippen LogP contribution >= 0.6 is 0 Å². The molecule has 0 bridgehead atoms. The monoisotopic (exact) mass is 374 g/mol. The van der Waals surface area contributed by atoms with Gasteiger partial charge in [-0.2, -0.15) is 0 Å². The molecule has 4 nitrogen and oxygen atoms in total. The highest BCUT2D eigenvalue weighted by Gasteiger charge is 2.24. The minimum Gasteiger partial charge on any atom is -0.490 e. The Hall–Kier alpha value is -2.88. The summed E-state index contributed by atoms with van der Waals surface area (Å²) in [5.41, 5.74) is 3.02. The number of fused-ring (bicyclic) bond motifs is 1. The number of amides is 1. The summed E-state index contributed by atoms with van der Waals surface area (Å²) in [5, 5.41) is 4.07. The standard InChI is InChI=1S/C24H26N2O2/c1-17-6-10-19(11-7-17)26-24(27)16-18-8-12-20(13-9-18)28-23-14-15-25-22-5-3-2-4-21(22)23/h2-7,10-11,14-15,18,20H,8-9,12-13,16H2,1H3,(H,26,27). The molecule has 1 fully saturated rings. The first-order valence-electron chi connectivity index (χ1n) is 10.0. The van der Waals surface area contributed by atoms with E-state index in [4.69, 9.17) is 4.74 Å². The fourth-order valence-corrected chi connectivity index (χ4v) is 3.92. The van der Waals surface area contributed by atoms with Gasteiger partial charge in [-0.1, -0.05) is 29.8 Å². The molecule has 0 saturated heterocycles. The van der Waals surface area contributed by atoms with Gasteiger partial charge in [-0.3, -0.25) is 9.78 Å². The topological polar surface area (TPSA) is 51.2 Å². The molecular formula is C24H26N2O2. The molecule has 1 N–H and O–H groups in total. The van der Waals surface area contributed by atoms with E-state index < -0.39 is 0 Å². The van der Waals surface area contributed by atoms with Crippen molar-refractivity contribution in [1.82, 2.24) is 4.98 Å². The summed E-state index contributed by atoms with van der Waals surface area (Å²) in [6, 6.07) is 18.0. The zero-order valence-electron chi connectivity index (χ0n) is 16.2. The molecule has 0 radical (unpaired) electrons. The van der Waals surface area contributed by atoms with Crippen molar-refractivity contribution in [3.05, 3.63) is 66.4 Å². The van der Waals surface area contributed by atoms with Gasteiger partial charge in [0.25, 0.3) is 0 Å². The van der Waals surface area contributed by atoms with Crippen molar-refractivity contribution in [2.24, 2.45) is 5.92 Å². The molecular weight excluding hydrogens is 348 g/mol. The van der Waals surface area contributed by atoms with E-state index in [1.165, 1.54) is 5.56 Å². The van der Waals surface area contributed by atoms with Gasteiger partial charge >= 0.3 is 0 Å². The number of carbonyl (C=O) groups excluding carboxylic acids is 1. The van der Waals surface area contributed by atoms with Crippen molar-refractivity contribution in [1.29, 1.82) is 0 Å². The van der Waals surface area contributed by atoms with E-state index in [0.29, 0.717) is 12.3 Å².